The number of anilines is 1. The van der Waals surface area contributed by atoms with Crippen molar-refractivity contribution < 1.29 is 4.79 Å². The summed E-state index contributed by atoms with van der Waals surface area (Å²) in [7, 11) is 0. The first-order valence-corrected chi connectivity index (χ1v) is 8.79. The summed E-state index contributed by atoms with van der Waals surface area (Å²) >= 11 is 7.53. The number of nitrogens with zero attached hydrogens (tertiary/aromatic N) is 3. The molecule has 0 atom stereocenters. The van der Waals surface area contributed by atoms with Gasteiger partial charge in [0.05, 0.1) is 32.9 Å². The lowest BCUT2D eigenvalue weighted by Crippen LogP contribution is -2.12. The fraction of sp³-hybridized carbons (Fsp3) is 0.0556. The van der Waals surface area contributed by atoms with Crippen LogP contribution in [0, 0.1) is 6.92 Å². The Morgan fingerprint density at radius 3 is 2.72 bits per heavy atom. The first-order valence-electron chi connectivity index (χ1n) is 7.60. The van der Waals surface area contributed by atoms with Gasteiger partial charge < -0.3 is 0 Å². The Bertz CT molecular complexity index is 1070. The lowest BCUT2D eigenvalue weighted by atomic mass is 10.2. The second kappa shape index (κ2) is 6.31. The van der Waals surface area contributed by atoms with Gasteiger partial charge in [-0.25, -0.2) is 9.67 Å². The molecule has 2 aromatic heterocycles. The summed E-state index contributed by atoms with van der Waals surface area (Å²) < 4.78 is 2.67. The number of hydrogen-bond acceptors (Lipinski definition) is 4. The van der Waals surface area contributed by atoms with Gasteiger partial charge in [0.25, 0.3) is 5.91 Å². The van der Waals surface area contributed by atoms with Gasteiger partial charge >= 0.3 is 0 Å². The summed E-state index contributed by atoms with van der Waals surface area (Å²) in [6, 6.07) is 15.3. The number of hydrogen-bond donors (Lipinski definition) is 1. The van der Waals surface area contributed by atoms with Crippen LogP contribution in [0.3, 0.4) is 0 Å². The molecule has 4 aromatic rings. The quantitative estimate of drug-likeness (QED) is 0.570. The third-order valence-electron chi connectivity index (χ3n) is 3.85. The number of carbonyl (C=O) groups is 1. The predicted molar refractivity (Wildman–Crippen MR) is 101 cm³/mol. The summed E-state index contributed by atoms with van der Waals surface area (Å²) in [4.78, 5) is 17.0. The summed E-state index contributed by atoms with van der Waals surface area (Å²) in [6.45, 7) is 1.87. The van der Waals surface area contributed by atoms with E-state index in [1.807, 2.05) is 49.4 Å². The van der Waals surface area contributed by atoms with Gasteiger partial charge in [0, 0.05) is 0 Å². The molecule has 1 N–H and O–H groups in total. The number of rotatable bonds is 3. The molecular formula is C18H13ClN4OS. The zero-order valence-electron chi connectivity index (χ0n) is 13.2. The van der Waals surface area contributed by atoms with Crippen LogP contribution in [0.1, 0.15) is 16.1 Å². The number of carbonyl (C=O) groups excluding carboxylic acids is 1. The molecule has 0 aliphatic carbocycles. The van der Waals surface area contributed by atoms with E-state index in [2.05, 4.69) is 15.4 Å². The fourth-order valence-electron chi connectivity index (χ4n) is 2.59. The van der Waals surface area contributed by atoms with Crippen molar-refractivity contribution >= 4 is 44.2 Å². The van der Waals surface area contributed by atoms with Gasteiger partial charge in [0.1, 0.15) is 5.52 Å². The van der Waals surface area contributed by atoms with Crippen LogP contribution in [-0.2, 0) is 0 Å². The SMILES string of the molecule is Cc1c(C(=O)Nc2nc3c(Cl)cccc3s2)cnn1-c1ccccc1. The van der Waals surface area contributed by atoms with Gasteiger partial charge in [-0.15, -0.1) is 0 Å². The Kier molecular flexibility index (Phi) is 3.99. The van der Waals surface area contributed by atoms with Crippen molar-refractivity contribution in [2.24, 2.45) is 0 Å². The molecule has 0 radical (unpaired) electrons. The van der Waals surface area contributed by atoms with Crippen LogP contribution in [0.5, 0.6) is 0 Å². The van der Waals surface area contributed by atoms with Crippen LogP contribution in [-0.4, -0.2) is 20.7 Å². The van der Waals surface area contributed by atoms with Gasteiger partial charge in [0.2, 0.25) is 0 Å². The highest BCUT2D eigenvalue weighted by Crippen LogP contribution is 2.31. The van der Waals surface area contributed by atoms with E-state index < -0.39 is 0 Å². The number of halogens is 1. The van der Waals surface area contributed by atoms with Gasteiger partial charge in [0.15, 0.2) is 5.13 Å². The molecule has 2 heterocycles. The first kappa shape index (κ1) is 15.8. The minimum Gasteiger partial charge on any atom is -0.298 e. The van der Waals surface area contributed by atoms with E-state index >= 15 is 0 Å². The van der Waals surface area contributed by atoms with Gasteiger partial charge in [-0.2, -0.15) is 5.10 Å². The van der Waals surface area contributed by atoms with E-state index in [0.717, 1.165) is 16.1 Å². The molecule has 1 amide bonds. The lowest BCUT2D eigenvalue weighted by Gasteiger charge is -2.05. The van der Waals surface area contributed by atoms with Crippen LogP contribution in [0.15, 0.2) is 54.7 Å². The molecule has 0 saturated heterocycles. The van der Waals surface area contributed by atoms with E-state index in [0.29, 0.717) is 21.2 Å². The Morgan fingerprint density at radius 2 is 1.96 bits per heavy atom. The van der Waals surface area contributed by atoms with Crippen LogP contribution < -0.4 is 5.32 Å². The van der Waals surface area contributed by atoms with Crippen molar-refractivity contribution in [3.05, 3.63) is 71.0 Å². The first-order chi connectivity index (χ1) is 12.1. The standard InChI is InChI=1S/C18H13ClN4OS/c1-11-13(10-20-23(11)12-6-3-2-4-7-12)17(24)22-18-21-16-14(19)8-5-9-15(16)25-18/h2-10H,1H3,(H,21,22,24). The molecule has 0 saturated carbocycles. The molecule has 25 heavy (non-hydrogen) atoms. The van der Waals surface area contributed by atoms with Crippen LogP contribution in [0.2, 0.25) is 5.02 Å². The van der Waals surface area contributed by atoms with E-state index in [1.54, 1.807) is 16.9 Å². The van der Waals surface area contributed by atoms with Crippen molar-refractivity contribution in [2.45, 2.75) is 6.92 Å². The van der Waals surface area contributed by atoms with E-state index in [9.17, 15) is 4.79 Å². The van der Waals surface area contributed by atoms with Crippen molar-refractivity contribution in [1.29, 1.82) is 0 Å². The molecule has 0 aliphatic heterocycles. The Balaban J connectivity index is 1.63. The molecule has 4 rings (SSSR count). The molecule has 0 bridgehead atoms. The minimum atomic E-state index is -0.241. The van der Waals surface area contributed by atoms with Crippen molar-refractivity contribution in [2.75, 3.05) is 5.32 Å². The molecular weight excluding hydrogens is 356 g/mol. The number of thiazole rings is 1. The Morgan fingerprint density at radius 1 is 1.16 bits per heavy atom. The molecule has 2 aromatic carbocycles. The van der Waals surface area contributed by atoms with E-state index in [1.165, 1.54) is 11.3 Å². The Labute approximate surface area is 152 Å². The number of amides is 1. The molecule has 7 heteroatoms. The van der Waals surface area contributed by atoms with E-state index in [-0.39, 0.29) is 5.91 Å². The average molecular weight is 369 g/mol. The monoisotopic (exact) mass is 368 g/mol. The number of fused-ring (bicyclic) bond motifs is 1. The normalized spacial score (nSPS) is 11.0. The summed E-state index contributed by atoms with van der Waals surface area (Å²) in [5.74, 6) is -0.241. The second-order valence-electron chi connectivity index (χ2n) is 5.45. The zero-order chi connectivity index (χ0) is 17.4. The molecule has 5 nitrogen and oxygen atoms in total. The topological polar surface area (TPSA) is 59.8 Å². The number of aromatic nitrogens is 3. The maximum absolute atomic E-state index is 12.6. The summed E-state index contributed by atoms with van der Waals surface area (Å²) in [6.07, 6.45) is 1.57. The molecule has 124 valence electrons. The smallest absolute Gasteiger partial charge is 0.260 e. The maximum atomic E-state index is 12.6. The van der Waals surface area contributed by atoms with Crippen LogP contribution >= 0.6 is 22.9 Å². The summed E-state index contributed by atoms with van der Waals surface area (Å²) in [5, 5.41) is 8.25. The van der Waals surface area contributed by atoms with Crippen molar-refractivity contribution in [1.82, 2.24) is 14.8 Å². The maximum Gasteiger partial charge on any atom is 0.260 e. The highest BCUT2D eigenvalue weighted by molar-refractivity contribution is 7.22. The number of nitrogens with one attached hydrogen (secondary N) is 1. The fourth-order valence-corrected chi connectivity index (χ4v) is 3.76. The van der Waals surface area contributed by atoms with Gasteiger partial charge in [-0.1, -0.05) is 47.2 Å². The number of benzene rings is 2. The van der Waals surface area contributed by atoms with E-state index in [4.69, 9.17) is 11.6 Å². The van der Waals surface area contributed by atoms with Crippen molar-refractivity contribution in [3.63, 3.8) is 0 Å². The zero-order valence-corrected chi connectivity index (χ0v) is 14.8. The Hall–Kier alpha value is -2.70. The predicted octanol–water partition coefficient (Wildman–Crippen LogP) is 4.70. The lowest BCUT2D eigenvalue weighted by molar-refractivity contribution is 0.102. The largest absolute Gasteiger partial charge is 0.298 e. The highest BCUT2D eigenvalue weighted by atomic mass is 35.5. The second-order valence-corrected chi connectivity index (χ2v) is 6.89. The minimum absolute atomic E-state index is 0.241. The van der Waals surface area contributed by atoms with Crippen LogP contribution in [0.25, 0.3) is 15.9 Å². The molecule has 0 aliphatic rings. The van der Waals surface area contributed by atoms with Gasteiger partial charge in [-0.05, 0) is 31.2 Å². The average Bonchev–Trinajstić information content (AvgIpc) is 3.20. The highest BCUT2D eigenvalue weighted by Gasteiger charge is 2.17. The third-order valence-corrected chi connectivity index (χ3v) is 5.09. The van der Waals surface area contributed by atoms with Gasteiger partial charge in [-0.3, -0.25) is 10.1 Å². The number of para-hydroxylation sites is 2. The van der Waals surface area contributed by atoms with Crippen LogP contribution in [0.4, 0.5) is 5.13 Å². The molecule has 0 fully saturated rings. The molecule has 0 unspecified atom stereocenters. The van der Waals surface area contributed by atoms with Crippen molar-refractivity contribution in [3.8, 4) is 5.69 Å². The summed E-state index contributed by atoms with van der Waals surface area (Å²) in [5.41, 5.74) is 2.88. The molecule has 0 spiro atoms. The third kappa shape index (κ3) is 2.90.